The predicted octanol–water partition coefficient (Wildman–Crippen LogP) is 2.82. The van der Waals surface area contributed by atoms with E-state index in [2.05, 4.69) is 5.10 Å². The number of rotatable bonds is 6. The van der Waals surface area contributed by atoms with E-state index in [1.807, 2.05) is 24.3 Å². The van der Waals surface area contributed by atoms with Gasteiger partial charge in [-0.15, -0.1) is 0 Å². The van der Waals surface area contributed by atoms with Gasteiger partial charge >= 0.3 is 0 Å². The van der Waals surface area contributed by atoms with Crippen molar-refractivity contribution in [1.82, 2.24) is 4.41 Å². The van der Waals surface area contributed by atoms with Gasteiger partial charge in [-0.3, -0.25) is 0 Å². The molecule has 0 N–H and O–H groups in total. The Labute approximate surface area is 159 Å². The highest BCUT2D eigenvalue weighted by Gasteiger charge is 2.35. The molecule has 1 atom stereocenters. The number of sulfonamides is 1. The number of benzene rings is 2. The lowest BCUT2D eigenvalue weighted by Crippen LogP contribution is -2.26. The second-order valence-corrected chi connectivity index (χ2v) is 7.99. The normalized spacial score (nSPS) is 16.8. The first kappa shape index (κ1) is 19.0. The number of methoxy groups -OCH3 is 3. The summed E-state index contributed by atoms with van der Waals surface area (Å²) in [6.45, 7) is 0. The molecule has 1 aliphatic heterocycles. The molecule has 0 amide bonds. The van der Waals surface area contributed by atoms with Crippen molar-refractivity contribution >= 4 is 15.7 Å². The van der Waals surface area contributed by atoms with E-state index in [4.69, 9.17) is 14.2 Å². The number of hydrogen-bond donors (Lipinski definition) is 0. The van der Waals surface area contributed by atoms with E-state index in [0.717, 1.165) is 21.8 Å². The topological polar surface area (TPSA) is 77.4 Å². The molecule has 8 heteroatoms. The first-order valence-electron chi connectivity index (χ1n) is 8.30. The van der Waals surface area contributed by atoms with Crippen molar-refractivity contribution < 1.29 is 22.6 Å². The van der Waals surface area contributed by atoms with Gasteiger partial charge in [-0.25, -0.2) is 8.42 Å². The molecule has 2 aromatic rings. The fourth-order valence-electron chi connectivity index (χ4n) is 3.11. The zero-order valence-corrected chi connectivity index (χ0v) is 16.5. The molecule has 0 radical (unpaired) electrons. The Balaban J connectivity index is 2.07. The number of ether oxygens (including phenoxy) is 3. The minimum Gasteiger partial charge on any atom is -0.497 e. The van der Waals surface area contributed by atoms with E-state index in [-0.39, 0.29) is 0 Å². The second-order valence-electron chi connectivity index (χ2n) is 6.15. The lowest BCUT2D eigenvalue weighted by atomic mass is 9.98. The van der Waals surface area contributed by atoms with Gasteiger partial charge in [-0.2, -0.15) is 9.52 Å². The third-order valence-electron chi connectivity index (χ3n) is 4.39. The van der Waals surface area contributed by atoms with Crippen LogP contribution in [0.15, 0.2) is 47.6 Å². The molecule has 0 aliphatic carbocycles. The zero-order valence-electron chi connectivity index (χ0n) is 15.7. The number of para-hydroxylation sites is 1. The summed E-state index contributed by atoms with van der Waals surface area (Å²) < 4.78 is 42.0. The van der Waals surface area contributed by atoms with Gasteiger partial charge in [-0.1, -0.05) is 12.1 Å². The summed E-state index contributed by atoms with van der Waals surface area (Å²) in [5, 5.41) is 4.41. The molecule has 3 rings (SSSR count). The van der Waals surface area contributed by atoms with E-state index in [1.54, 1.807) is 39.5 Å². The van der Waals surface area contributed by atoms with Gasteiger partial charge in [0.2, 0.25) is 10.0 Å². The Kier molecular flexibility index (Phi) is 5.27. The van der Waals surface area contributed by atoms with Gasteiger partial charge in [0.05, 0.1) is 39.3 Å². The Morgan fingerprint density at radius 1 is 1.00 bits per heavy atom. The average molecular weight is 390 g/mol. The molecule has 0 aromatic heterocycles. The predicted molar refractivity (Wildman–Crippen MR) is 103 cm³/mol. The SMILES string of the molecule is COc1cc(OC)cc(C2CC(c3ccccc3OC)=NN2S(C)(=O)=O)c1. The van der Waals surface area contributed by atoms with Gasteiger partial charge in [0.15, 0.2) is 0 Å². The van der Waals surface area contributed by atoms with Gasteiger partial charge in [0.1, 0.15) is 17.2 Å². The fraction of sp³-hybridized carbons (Fsp3) is 0.316. The number of nitrogens with zero attached hydrogens (tertiary/aromatic N) is 2. The molecule has 7 nitrogen and oxygen atoms in total. The van der Waals surface area contributed by atoms with Crippen LogP contribution < -0.4 is 14.2 Å². The third-order valence-corrected chi connectivity index (χ3v) is 5.40. The van der Waals surface area contributed by atoms with Gasteiger partial charge in [0.25, 0.3) is 0 Å². The van der Waals surface area contributed by atoms with Crippen LogP contribution in [0, 0.1) is 0 Å². The molecular formula is C19H22N2O5S. The van der Waals surface area contributed by atoms with Crippen molar-refractivity contribution in [1.29, 1.82) is 0 Å². The molecular weight excluding hydrogens is 368 g/mol. The van der Waals surface area contributed by atoms with Crippen LogP contribution in [0.5, 0.6) is 17.2 Å². The van der Waals surface area contributed by atoms with Crippen LogP contribution in [0.3, 0.4) is 0 Å². The Bertz CT molecular complexity index is 950. The molecule has 1 heterocycles. The van der Waals surface area contributed by atoms with Crippen LogP contribution in [0.4, 0.5) is 0 Å². The Morgan fingerprint density at radius 2 is 1.63 bits per heavy atom. The van der Waals surface area contributed by atoms with Crippen molar-refractivity contribution in [3.63, 3.8) is 0 Å². The maximum absolute atomic E-state index is 12.4. The van der Waals surface area contributed by atoms with Crippen molar-refractivity contribution in [2.75, 3.05) is 27.6 Å². The van der Waals surface area contributed by atoms with Gasteiger partial charge < -0.3 is 14.2 Å². The van der Waals surface area contributed by atoms with Crippen LogP contribution in [0.2, 0.25) is 0 Å². The highest BCUT2D eigenvalue weighted by atomic mass is 32.2. The summed E-state index contributed by atoms with van der Waals surface area (Å²) in [5.74, 6) is 1.82. The molecule has 0 saturated carbocycles. The molecule has 1 unspecified atom stereocenters. The number of hydrazone groups is 1. The highest BCUT2D eigenvalue weighted by Crippen LogP contribution is 2.38. The van der Waals surface area contributed by atoms with E-state index < -0.39 is 16.1 Å². The maximum Gasteiger partial charge on any atom is 0.247 e. The van der Waals surface area contributed by atoms with Gasteiger partial charge in [-0.05, 0) is 29.8 Å². The zero-order chi connectivity index (χ0) is 19.6. The summed E-state index contributed by atoms with van der Waals surface area (Å²) in [5.41, 5.74) is 2.15. The van der Waals surface area contributed by atoms with Gasteiger partial charge in [0, 0.05) is 18.1 Å². The maximum atomic E-state index is 12.4. The van der Waals surface area contributed by atoms with Crippen molar-refractivity contribution in [2.45, 2.75) is 12.5 Å². The summed E-state index contributed by atoms with van der Waals surface area (Å²) in [6.07, 6.45) is 1.55. The average Bonchev–Trinajstić information content (AvgIpc) is 3.13. The lowest BCUT2D eigenvalue weighted by Gasteiger charge is -2.22. The van der Waals surface area contributed by atoms with Crippen LogP contribution in [0.1, 0.15) is 23.6 Å². The minimum atomic E-state index is -3.58. The summed E-state index contributed by atoms with van der Waals surface area (Å²) in [7, 11) is 1.11. The van der Waals surface area contributed by atoms with Crippen molar-refractivity contribution in [3.8, 4) is 17.2 Å². The molecule has 1 aliphatic rings. The molecule has 0 saturated heterocycles. The summed E-state index contributed by atoms with van der Waals surface area (Å²) in [4.78, 5) is 0. The molecule has 144 valence electrons. The Morgan fingerprint density at radius 3 is 2.19 bits per heavy atom. The van der Waals surface area contributed by atoms with Crippen LogP contribution in [-0.4, -0.2) is 46.1 Å². The first-order chi connectivity index (χ1) is 12.9. The summed E-state index contributed by atoms with van der Waals surface area (Å²) >= 11 is 0. The molecule has 0 bridgehead atoms. The quantitative estimate of drug-likeness (QED) is 0.758. The minimum absolute atomic E-state index is 0.407. The molecule has 0 fully saturated rings. The monoisotopic (exact) mass is 390 g/mol. The standard InChI is InChI=1S/C19H22N2O5S/c1-24-14-9-13(10-15(11-14)25-2)18-12-17(20-21(18)27(4,22)23)16-7-5-6-8-19(16)26-3/h5-11,18H,12H2,1-4H3. The third kappa shape index (κ3) is 3.85. The smallest absolute Gasteiger partial charge is 0.247 e. The lowest BCUT2D eigenvalue weighted by molar-refractivity contribution is 0.364. The molecule has 2 aromatic carbocycles. The first-order valence-corrected chi connectivity index (χ1v) is 10.2. The molecule has 0 spiro atoms. The van der Waals surface area contributed by atoms with E-state index >= 15 is 0 Å². The van der Waals surface area contributed by atoms with Crippen molar-refractivity contribution in [2.24, 2.45) is 5.10 Å². The fourth-order valence-corrected chi connectivity index (χ4v) is 4.02. The van der Waals surface area contributed by atoms with Crippen LogP contribution in [0.25, 0.3) is 0 Å². The largest absolute Gasteiger partial charge is 0.497 e. The van der Waals surface area contributed by atoms with Crippen LogP contribution in [-0.2, 0) is 10.0 Å². The van der Waals surface area contributed by atoms with E-state index in [9.17, 15) is 8.42 Å². The number of hydrogen-bond acceptors (Lipinski definition) is 6. The van der Waals surface area contributed by atoms with E-state index in [0.29, 0.717) is 29.4 Å². The highest BCUT2D eigenvalue weighted by molar-refractivity contribution is 7.88. The van der Waals surface area contributed by atoms with E-state index in [1.165, 1.54) is 0 Å². The van der Waals surface area contributed by atoms with Crippen LogP contribution >= 0.6 is 0 Å². The second kappa shape index (κ2) is 7.48. The molecule has 27 heavy (non-hydrogen) atoms. The summed E-state index contributed by atoms with van der Waals surface area (Å²) in [6, 6.07) is 12.3. The van der Waals surface area contributed by atoms with Crippen molar-refractivity contribution in [3.05, 3.63) is 53.6 Å². The Hall–Kier alpha value is -2.74.